The Morgan fingerprint density at radius 3 is 2.58 bits per heavy atom. The van der Waals surface area contributed by atoms with Crippen LogP contribution in [0.2, 0.25) is 0 Å². The summed E-state index contributed by atoms with van der Waals surface area (Å²) in [5.74, 6) is 0.749. The Morgan fingerprint density at radius 2 is 1.90 bits per heavy atom. The van der Waals surface area contributed by atoms with E-state index in [-0.39, 0.29) is 18.2 Å². The molecule has 1 fully saturated rings. The zero-order valence-corrected chi connectivity index (χ0v) is 16.8. The topological polar surface area (TPSA) is 85.2 Å². The van der Waals surface area contributed by atoms with Gasteiger partial charge in [0.05, 0.1) is 11.6 Å². The fraction of sp³-hybridized carbons (Fsp3) is 0.400. The highest BCUT2D eigenvalue weighted by Gasteiger charge is 2.31. The Kier molecular flexibility index (Phi) is 5.66. The molecule has 1 aromatic carbocycles. The minimum absolute atomic E-state index is 0.0994. The summed E-state index contributed by atoms with van der Waals surface area (Å²) in [4.78, 5) is 23.3. The fourth-order valence-corrected chi connectivity index (χ4v) is 3.55. The van der Waals surface area contributed by atoms with Crippen LogP contribution >= 0.6 is 0 Å². The lowest BCUT2D eigenvalue weighted by atomic mass is 9.99. The zero-order chi connectivity index (χ0) is 22.0. The van der Waals surface area contributed by atoms with Crippen LogP contribution in [0.4, 0.5) is 24.7 Å². The van der Waals surface area contributed by atoms with Crippen molar-refractivity contribution < 1.29 is 22.7 Å². The number of nitrogens with one attached hydrogen (secondary N) is 1. The predicted molar refractivity (Wildman–Crippen MR) is 108 cm³/mol. The minimum Gasteiger partial charge on any atom is -0.406 e. The average Bonchev–Trinajstić information content (AvgIpc) is 3.12. The molecule has 8 nitrogen and oxygen atoms in total. The van der Waals surface area contributed by atoms with E-state index in [4.69, 9.17) is 0 Å². The normalized spacial score (nSPS) is 15.3. The number of fused-ring (bicyclic) bond motifs is 1. The van der Waals surface area contributed by atoms with Gasteiger partial charge in [0.1, 0.15) is 24.4 Å². The average molecular weight is 434 g/mol. The number of alkyl halides is 3. The molecule has 164 valence electrons. The van der Waals surface area contributed by atoms with Crippen LogP contribution in [0.1, 0.15) is 19.8 Å². The first-order valence-corrected chi connectivity index (χ1v) is 9.85. The molecule has 1 aliphatic heterocycles. The first-order chi connectivity index (χ1) is 14.8. The van der Waals surface area contributed by atoms with Crippen molar-refractivity contribution in [3.05, 3.63) is 36.8 Å². The number of carbonyl (C=O) groups excluding carboxylic acids is 1. The molecule has 1 aliphatic rings. The highest BCUT2D eigenvalue weighted by molar-refractivity contribution is 5.92. The molecule has 4 rings (SSSR count). The molecule has 2 aromatic heterocycles. The van der Waals surface area contributed by atoms with Gasteiger partial charge in [0, 0.05) is 18.8 Å². The number of piperidine rings is 1. The molecule has 31 heavy (non-hydrogen) atoms. The van der Waals surface area contributed by atoms with Gasteiger partial charge in [0.25, 0.3) is 0 Å². The van der Waals surface area contributed by atoms with Gasteiger partial charge in [-0.1, -0.05) is 6.92 Å². The molecule has 11 heteroatoms. The van der Waals surface area contributed by atoms with E-state index >= 15 is 0 Å². The molecule has 0 bridgehead atoms. The molecule has 1 amide bonds. The molecule has 0 aliphatic carbocycles. The van der Waals surface area contributed by atoms with Crippen molar-refractivity contribution in [2.75, 3.05) is 23.3 Å². The Bertz CT molecular complexity index is 1060. The van der Waals surface area contributed by atoms with Gasteiger partial charge in [-0.15, -0.1) is 13.2 Å². The molecule has 0 saturated carbocycles. The lowest BCUT2D eigenvalue weighted by Gasteiger charge is -2.31. The Morgan fingerprint density at radius 1 is 1.19 bits per heavy atom. The van der Waals surface area contributed by atoms with E-state index in [0.717, 1.165) is 49.3 Å². The summed E-state index contributed by atoms with van der Waals surface area (Å²) in [6.45, 7) is 3.96. The quantitative estimate of drug-likeness (QED) is 0.661. The molecule has 3 aromatic rings. The smallest absolute Gasteiger partial charge is 0.406 e. The van der Waals surface area contributed by atoms with Crippen molar-refractivity contribution in [3.63, 3.8) is 0 Å². The van der Waals surface area contributed by atoms with Crippen LogP contribution in [-0.4, -0.2) is 45.1 Å². The maximum atomic E-state index is 12.4. The number of rotatable bonds is 5. The van der Waals surface area contributed by atoms with Crippen LogP contribution in [0.3, 0.4) is 0 Å². The maximum absolute atomic E-state index is 12.4. The van der Waals surface area contributed by atoms with E-state index in [1.165, 1.54) is 23.1 Å². The van der Waals surface area contributed by atoms with Crippen molar-refractivity contribution in [1.82, 2.24) is 19.7 Å². The number of benzene rings is 1. The second kappa shape index (κ2) is 8.40. The molecule has 0 unspecified atom stereocenters. The van der Waals surface area contributed by atoms with Crippen LogP contribution in [0.25, 0.3) is 11.0 Å². The van der Waals surface area contributed by atoms with Gasteiger partial charge in [-0.25, -0.2) is 14.6 Å². The highest BCUT2D eigenvalue weighted by Crippen LogP contribution is 2.27. The number of nitrogens with zero attached hydrogens (tertiary/aromatic N) is 5. The molecular weight excluding hydrogens is 413 g/mol. The molecule has 1 saturated heterocycles. The summed E-state index contributed by atoms with van der Waals surface area (Å²) in [5, 5.41) is 7.69. The third-order valence-electron chi connectivity index (χ3n) is 5.16. The first kappa shape index (κ1) is 20.9. The second-order valence-electron chi connectivity index (χ2n) is 7.53. The van der Waals surface area contributed by atoms with Gasteiger partial charge in [0.2, 0.25) is 5.91 Å². The molecule has 1 N–H and O–H groups in total. The summed E-state index contributed by atoms with van der Waals surface area (Å²) >= 11 is 0. The number of carbonyl (C=O) groups is 1. The number of ether oxygens (including phenoxy) is 1. The number of anilines is 2. The number of amides is 1. The molecule has 0 atom stereocenters. The third-order valence-corrected chi connectivity index (χ3v) is 5.16. The number of hydrogen-bond acceptors (Lipinski definition) is 6. The Balaban J connectivity index is 1.44. The van der Waals surface area contributed by atoms with Crippen LogP contribution < -0.4 is 15.0 Å². The van der Waals surface area contributed by atoms with Gasteiger partial charge < -0.3 is 15.0 Å². The lowest BCUT2D eigenvalue weighted by molar-refractivity contribution is -0.274. The monoisotopic (exact) mass is 434 g/mol. The van der Waals surface area contributed by atoms with E-state index in [9.17, 15) is 18.0 Å². The lowest BCUT2D eigenvalue weighted by Crippen LogP contribution is -2.33. The summed E-state index contributed by atoms with van der Waals surface area (Å²) < 4.78 is 42.0. The number of halogens is 3. The van der Waals surface area contributed by atoms with Crippen LogP contribution in [0.5, 0.6) is 5.75 Å². The fourth-order valence-electron chi connectivity index (χ4n) is 3.55. The van der Waals surface area contributed by atoms with E-state index in [0.29, 0.717) is 17.3 Å². The standard InChI is InChI=1S/C20H21F3N6O2/c1-13-6-8-28(9-7-13)18-16-10-26-29(19(16)25-12-24-18)11-17(30)27-14-2-4-15(5-3-14)31-20(21,22)23/h2-5,10,12-13H,6-9,11H2,1H3,(H,27,30). The maximum Gasteiger partial charge on any atom is 0.573 e. The largest absolute Gasteiger partial charge is 0.573 e. The van der Waals surface area contributed by atoms with Gasteiger partial charge in [0.15, 0.2) is 5.65 Å². The van der Waals surface area contributed by atoms with Crippen LogP contribution in [0.15, 0.2) is 36.8 Å². The number of hydrogen-bond donors (Lipinski definition) is 1. The summed E-state index contributed by atoms with van der Waals surface area (Å²) in [6.07, 6.45) is 0.535. The summed E-state index contributed by atoms with van der Waals surface area (Å²) in [6, 6.07) is 4.92. The first-order valence-electron chi connectivity index (χ1n) is 9.85. The predicted octanol–water partition coefficient (Wildman–Crippen LogP) is 3.60. The van der Waals surface area contributed by atoms with Crippen LogP contribution in [0, 0.1) is 5.92 Å². The van der Waals surface area contributed by atoms with E-state index in [1.807, 2.05) is 0 Å². The number of aromatic nitrogens is 4. The molecule has 0 spiro atoms. The van der Waals surface area contributed by atoms with E-state index < -0.39 is 6.36 Å². The van der Waals surface area contributed by atoms with Crippen molar-refractivity contribution in [1.29, 1.82) is 0 Å². The zero-order valence-electron chi connectivity index (χ0n) is 16.8. The van der Waals surface area contributed by atoms with Gasteiger partial charge in [-0.2, -0.15) is 5.10 Å². The molecule has 0 radical (unpaired) electrons. The molecule has 3 heterocycles. The Hall–Kier alpha value is -3.37. The Labute approximate surface area is 176 Å². The third kappa shape index (κ3) is 5.04. The van der Waals surface area contributed by atoms with Crippen molar-refractivity contribution in [2.24, 2.45) is 5.92 Å². The van der Waals surface area contributed by atoms with Gasteiger partial charge >= 0.3 is 6.36 Å². The minimum atomic E-state index is -4.76. The second-order valence-corrected chi connectivity index (χ2v) is 7.53. The highest BCUT2D eigenvalue weighted by atomic mass is 19.4. The van der Waals surface area contributed by atoms with Crippen LogP contribution in [-0.2, 0) is 11.3 Å². The van der Waals surface area contributed by atoms with E-state index in [1.54, 1.807) is 6.20 Å². The summed E-state index contributed by atoms with van der Waals surface area (Å²) in [5.41, 5.74) is 0.890. The summed E-state index contributed by atoms with van der Waals surface area (Å²) in [7, 11) is 0. The van der Waals surface area contributed by atoms with Crippen molar-refractivity contribution in [2.45, 2.75) is 32.7 Å². The van der Waals surface area contributed by atoms with Gasteiger partial charge in [-0.05, 0) is 43.0 Å². The van der Waals surface area contributed by atoms with Crippen molar-refractivity contribution >= 4 is 28.4 Å². The van der Waals surface area contributed by atoms with E-state index in [2.05, 4.69) is 36.9 Å². The van der Waals surface area contributed by atoms with Crippen molar-refractivity contribution in [3.8, 4) is 5.75 Å². The SMILES string of the molecule is CC1CCN(c2ncnc3c2cnn3CC(=O)Nc2ccc(OC(F)(F)F)cc2)CC1. The molecular formula is C20H21F3N6O2. The van der Waals surface area contributed by atoms with Gasteiger partial charge in [-0.3, -0.25) is 4.79 Å².